The quantitative estimate of drug-likeness (QED) is 0.540. The average Bonchev–Trinajstić information content (AvgIpc) is 2.51. The van der Waals surface area contributed by atoms with E-state index < -0.39 is 5.97 Å². The molecule has 0 aliphatic carbocycles. The van der Waals surface area contributed by atoms with E-state index in [2.05, 4.69) is 10.1 Å². The third-order valence-electron chi connectivity index (χ3n) is 3.03. The lowest BCUT2D eigenvalue weighted by atomic mass is 10.1. The highest BCUT2D eigenvalue weighted by Gasteiger charge is 2.10. The fourth-order valence-corrected chi connectivity index (χ4v) is 1.84. The average molecular weight is 294 g/mol. The number of amides is 1. The summed E-state index contributed by atoms with van der Waals surface area (Å²) in [7, 11) is 3.22. The second-order valence-corrected chi connectivity index (χ2v) is 4.71. The molecule has 0 radical (unpaired) electrons. The molecule has 1 aromatic carbocycles. The topological polar surface area (TPSA) is 78.9 Å². The number of benzene rings is 1. The number of ether oxygens (including phenoxy) is 1. The summed E-state index contributed by atoms with van der Waals surface area (Å²) in [6, 6.07) is 6.42. The van der Waals surface area contributed by atoms with Gasteiger partial charge in [-0.25, -0.2) is 4.79 Å². The van der Waals surface area contributed by atoms with Gasteiger partial charge in [-0.1, -0.05) is 6.07 Å². The summed E-state index contributed by atoms with van der Waals surface area (Å²) in [5, 5.41) is 11.6. The lowest BCUT2D eigenvalue weighted by Gasteiger charge is -2.14. The number of aliphatic hydroxyl groups excluding tert-OH is 1. The largest absolute Gasteiger partial charge is 0.465 e. The van der Waals surface area contributed by atoms with Gasteiger partial charge in [0.15, 0.2) is 0 Å². The number of nitrogens with zero attached hydrogens (tertiary/aromatic N) is 1. The van der Waals surface area contributed by atoms with Crippen molar-refractivity contribution in [3.05, 3.63) is 35.4 Å². The van der Waals surface area contributed by atoms with Crippen molar-refractivity contribution in [3.63, 3.8) is 0 Å². The molecule has 116 valence electrons. The summed E-state index contributed by atoms with van der Waals surface area (Å²) in [6.45, 7) is 2.08. The van der Waals surface area contributed by atoms with Gasteiger partial charge in [-0.05, 0) is 38.2 Å². The summed E-state index contributed by atoms with van der Waals surface area (Å²) in [6.07, 6.45) is 0.791. The van der Waals surface area contributed by atoms with Crippen LogP contribution in [0.15, 0.2) is 24.3 Å². The van der Waals surface area contributed by atoms with Gasteiger partial charge in [0.1, 0.15) is 0 Å². The Labute approximate surface area is 124 Å². The molecule has 0 unspecified atom stereocenters. The highest BCUT2D eigenvalue weighted by molar-refractivity contribution is 5.97. The minimum atomic E-state index is -0.463. The van der Waals surface area contributed by atoms with Gasteiger partial charge in [0.05, 0.1) is 19.3 Å². The van der Waals surface area contributed by atoms with Crippen molar-refractivity contribution >= 4 is 11.9 Å². The molecule has 0 spiro atoms. The number of nitrogens with one attached hydrogen (secondary N) is 1. The molecule has 0 atom stereocenters. The minimum absolute atomic E-state index is 0.128. The van der Waals surface area contributed by atoms with Crippen LogP contribution in [0, 0.1) is 0 Å². The zero-order valence-corrected chi connectivity index (χ0v) is 12.5. The van der Waals surface area contributed by atoms with E-state index in [1.807, 2.05) is 11.9 Å². The number of esters is 1. The SMILES string of the molecule is COC(=O)c1cccc(C(=O)NCCCN(C)CCO)c1. The molecule has 6 nitrogen and oxygen atoms in total. The third-order valence-corrected chi connectivity index (χ3v) is 3.03. The molecule has 0 aromatic heterocycles. The van der Waals surface area contributed by atoms with E-state index in [-0.39, 0.29) is 12.5 Å². The van der Waals surface area contributed by atoms with Crippen LogP contribution in [0.2, 0.25) is 0 Å². The molecule has 0 fully saturated rings. The summed E-state index contributed by atoms with van der Waals surface area (Å²) in [5.41, 5.74) is 0.787. The Balaban J connectivity index is 2.43. The molecule has 1 amide bonds. The molecule has 0 saturated heterocycles. The van der Waals surface area contributed by atoms with Crippen molar-refractivity contribution in [2.75, 3.05) is 40.4 Å². The Morgan fingerprint density at radius 2 is 2.00 bits per heavy atom. The van der Waals surface area contributed by atoms with Crippen molar-refractivity contribution in [2.45, 2.75) is 6.42 Å². The van der Waals surface area contributed by atoms with Crippen molar-refractivity contribution in [3.8, 4) is 0 Å². The van der Waals surface area contributed by atoms with E-state index in [4.69, 9.17) is 5.11 Å². The van der Waals surface area contributed by atoms with E-state index in [9.17, 15) is 9.59 Å². The first-order chi connectivity index (χ1) is 10.1. The summed E-state index contributed by atoms with van der Waals surface area (Å²) < 4.78 is 4.62. The molecular formula is C15H22N2O4. The van der Waals surface area contributed by atoms with Gasteiger partial charge in [0, 0.05) is 18.7 Å². The van der Waals surface area contributed by atoms with E-state index in [0.29, 0.717) is 24.2 Å². The van der Waals surface area contributed by atoms with E-state index >= 15 is 0 Å². The highest BCUT2D eigenvalue weighted by atomic mass is 16.5. The first kappa shape index (κ1) is 17.1. The Morgan fingerprint density at radius 1 is 1.29 bits per heavy atom. The number of rotatable bonds is 8. The summed E-state index contributed by atoms with van der Waals surface area (Å²) in [4.78, 5) is 25.4. The third kappa shape index (κ3) is 5.93. The number of hydrogen-bond acceptors (Lipinski definition) is 5. The molecule has 0 bridgehead atoms. The Hall–Kier alpha value is -1.92. The zero-order chi connectivity index (χ0) is 15.7. The monoisotopic (exact) mass is 294 g/mol. The second-order valence-electron chi connectivity index (χ2n) is 4.71. The first-order valence-electron chi connectivity index (χ1n) is 6.84. The normalized spacial score (nSPS) is 10.5. The van der Waals surface area contributed by atoms with Crippen LogP contribution in [0.4, 0.5) is 0 Å². The lowest BCUT2D eigenvalue weighted by Crippen LogP contribution is -2.29. The minimum Gasteiger partial charge on any atom is -0.465 e. The number of methoxy groups -OCH3 is 1. The van der Waals surface area contributed by atoms with E-state index in [1.165, 1.54) is 13.2 Å². The van der Waals surface area contributed by atoms with Crippen LogP contribution in [0.25, 0.3) is 0 Å². The van der Waals surface area contributed by atoms with Crippen LogP contribution < -0.4 is 5.32 Å². The van der Waals surface area contributed by atoms with Crippen molar-refractivity contribution in [1.82, 2.24) is 10.2 Å². The molecule has 2 N–H and O–H groups in total. The first-order valence-corrected chi connectivity index (χ1v) is 6.84. The fraction of sp³-hybridized carbons (Fsp3) is 0.467. The molecule has 21 heavy (non-hydrogen) atoms. The zero-order valence-electron chi connectivity index (χ0n) is 12.5. The molecule has 1 rings (SSSR count). The highest BCUT2D eigenvalue weighted by Crippen LogP contribution is 2.06. The number of carbonyl (C=O) groups is 2. The number of hydrogen-bond donors (Lipinski definition) is 2. The van der Waals surface area contributed by atoms with Crippen molar-refractivity contribution in [2.24, 2.45) is 0 Å². The number of likely N-dealkylation sites (N-methyl/N-ethyl adjacent to an activating group) is 1. The van der Waals surface area contributed by atoms with Gasteiger partial charge in [-0.3, -0.25) is 4.79 Å². The smallest absolute Gasteiger partial charge is 0.337 e. The molecule has 0 aliphatic rings. The van der Waals surface area contributed by atoms with Crippen LogP contribution in [0.5, 0.6) is 0 Å². The predicted octanol–water partition coefficient (Wildman–Crippen LogP) is 0.517. The molecule has 0 heterocycles. The maximum Gasteiger partial charge on any atom is 0.337 e. The predicted molar refractivity (Wildman–Crippen MR) is 79.3 cm³/mol. The van der Waals surface area contributed by atoms with E-state index in [1.54, 1.807) is 18.2 Å². The number of carbonyl (C=O) groups excluding carboxylic acids is 2. The van der Waals surface area contributed by atoms with Crippen LogP contribution in [-0.4, -0.2) is 62.3 Å². The standard InChI is InChI=1S/C15H22N2O4/c1-17(9-10-18)8-4-7-16-14(19)12-5-3-6-13(11-12)15(20)21-2/h3,5-6,11,18H,4,7-10H2,1-2H3,(H,16,19). The van der Waals surface area contributed by atoms with Crippen LogP contribution in [0.1, 0.15) is 27.1 Å². The molecular weight excluding hydrogens is 272 g/mol. The fourth-order valence-electron chi connectivity index (χ4n) is 1.84. The van der Waals surface area contributed by atoms with Crippen LogP contribution in [-0.2, 0) is 4.74 Å². The van der Waals surface area contributed by atoms with Gasteiger partial charge in [-0.2, -0.15) is 0 Å². The molecule has 0 aliphatic heterocycles. The maximum atomic E-state index is 12.0. The Bertz CT molecular complexity index is 476. The van der Waals surface area contributed by atoms with Gasteiger partial charge in [-0.15, -0.1) is 0 Å². The Kier molecular flexibility index (Phi) is 7.42. The van der Waals surface area contributed by atoms with Crippen LogP contribution in [0.3, 0.4) is 0 Å². The molecule has 1 aromatic rings. The van der Waals surface area contributed by atoms with Gasteiger partial charge in [0.25, 0.3) is 5.91 Å². The Morgan fingerprint density at radius 3 is 2.67 bits per heavy atom. The van der Waals surface area contributed by atoms with Gasteiger partial charge >= 0.3 is 5.97 Å². The van der Waals surface area contributed by atoms with Crippen LogP contribution >= 0.6 is 0 Å². The molecule has 0 saturated carbocycles. The molecule has 6 heteroatoms. The summed E-state index contributed by atoms with van der Waals surface area (Å²) in [5.74, 6) is -0.680. The van der Waals surface area contributed by atoms with Gasteiger partial charge < -0.3 is 20.1 Å². The maximum absolute atomic E-state index is 12.0. The van der Waals surface area contributed by atoms with E-state index in [0.717, 1.165) is 13.0 Å². The lowest BCUT2D eigenvalue weighted by molar-refractivity contribution is 0.0600. The summed E-state index contributed by atoms with van der Waals surface area (Å²) >= 11 is 0. The van der Waals surface area contributed by atoms with Crippen molar-refractivity contribution in [1.29, 1.82) is 0 Å². The second kappa shape index (κ2) is 9.10. The number of aliphatic hydroxyl groups is 1. The van der Waals surface area contributed by atoms with Crippen molar-refractivity contribution < 1.29 is 19.4 Å². The van der Waals surface area contributed by atoms with Gasteiger partial charge in [0.2, 0.25) is 0 Å².